The molecule has 0 aliphatic carbocycles. The summed E-state index contributed by atoms with van der Waals surface area (Å²) in [6, 6.07) is 0. The summed E-state index contributed by atoms with van der Waals surface area (Å²) in [5.74, 6) is 0. The largest absolute Gasteiger partial charge is 0.330 e. The second kappa shape index (κ2) is 2.45. The summed E-state index contributed by atoms with van der Waals surface area (Å²) in [5.41, 5.74) is 2.56. The molecule has 64 valence electrons. The molecule has 0 bridgehead atoms. The lowest BCUT2D eigenvalue weighted by Crippen LogP contribution is -2.21. The maximum atomic E-state index is 11.5. The van der Waals surface area contributed by atoms with E-state index in [-0.39, 0.29) is 5.69 Å². The molecule has 2 heterocycles. The van der Waals surface area contributed by atoms with Gasteiger partial charge < -0.3 is 0 Å². The normalized spacial score (nSPS) is 11.2. The van der Waals surface area contributed by atoms with Crippen molar-refractivity contribution >= 4 is 21.8 Å². The number of fused-ring (bicyclic) bond motifs is 1. The van der Waals surface area contributed by atoms with Crippen molar-refractivity contribution in [1.82, 2.24) is 14.1 Å². The minimum Gasteiger partial charge on any atom is -0.282 e. The number of aromatic nitrogens is 3. The number of hydrogen-bond donors (Lipinski definition) is 0. The van der Waals surface area contributed by atoms with Gasteiger partial charge in [0.25, 0.3) is 0 Å². The van der Waals surface area contributed by atoms with Gasteiger partial charge in [-0.1, -0.05) is 0 Å². The Hall–Kier alpha value is -1.10. The first-order chi connectivity index (χ1) is 5.75. The number of rotatable bonds is 1. The van der Waals surface area contributed by atoms with E-state index < -0.39 is 0 Å². The van der Waals surface area contributed by atoms with Crippen LogP contribution in [0.15, 0.2) is 10.3 Å². The summed E-state index contributed by atoms with van der Waals surface area (Å²) in [6.45, 7) is 2.67. The van der Waals surface area contributed by atoms with Crippen molar-refractivity contribution < 1.29 is 0 Å². The van der Waals surface area contributed by atoms with E-state index in [1.54, 1.807) is 21.7 Å². The Morgan fingerprint density at radius 3 is 3.08 bits per heavy atom. The quantitative estimate of drug-likeness (QED) is 0.656. The molecule has 12 heavy (non-hydrogen) atoms. The van der Waals surface area contributed by atoms with E-state index in [1.165, 1.54) is 11.3 Å². The summed E-state index contributed by atoms with van der Waals surface area (Å²) in [6.07, 6.45) is 0. The van der Waals surface area contributed by atoms with Gasteiger partial charge in [-0.05, 0) is 6.92 Å². The lowest BCUT2D eigenvalue weighted by Gasteiger charge is -1.91. The second-order valence-electron chi connectivity index (χ2n) is 2.57. The van der Waals surface area contributed by atoms with Gasteiger partial charge in [0.05, 0.1) is 5.51 Å². The zero-order chi connectivity index (χ0) is 8.72. The van der Waals surface area contributed by atoms with Crippen LogP contribution in [0.2, 0.25) is 0 Å². The highest BCUT2D eigenvalue weighted by molar-refractivity contribution is 7.16. The van der Waals surface area contributed by atoms with E-state index in [2.05, 4.69) is 4.98 Å². The second-order valence-corrected chi connectivity index (χ2v) is 3.40. The fourth-order valence-corrected chi connectivity index (χ4v) is 2.17. The molecule has 0 unspecified atom stereocenters. The topological polar surface area (TPSA) is 39.8 Å². The first kappa shape index (κ1) is 7.54. The fourth-order valence-electron chi connectivity index (χ4n) is 1.29. The molecular weight excluding hydrogens is 174 g/mol. The molecule has 5 heteroatoms. The lowest BCUT2D eigenvalue weighted by molar-refractivity contribution is 0.713. The van der Waals surface area contributed by atoms with E-state index in [0.717, 1.165) is 10.5 Å². The molecule has 0 radical (unpaired) electrons. The number of aryl methyl sites for hydroxylation is 2. The van der Waals surface area contributed by atoms with Crippen LogP contribution in [0, 0.1) is 0 Å². The maximum Gasteiger partial charge on any atom is 0.330 e. The van der Waals surface area contributed by atoms with Crippen LogP contribution in [-0.2, 0) is 13.6 Å². The van der Waals surface area contributed by atoms with E-state index in [9.17, 15) is 4.79 Å². The van der Waals surface area contributed by atoms with Gasteiger partial charge in [0.2, 0.25) is 0 Å². The molecular formula is C7H9N3OS. The van der Waals surface area contributed by atoms with Crippen molar-refractivity contribution in [3.05, 3.63) is 16.0 Å². The van der Waals surface area contributed by atoms with Crippen LogP contribution in [0.1, 0.15) is 6.92 Å². The predicted molar refractivity (Wildman–Crippen MR) is 48.5 cm³/mol. The van der Waals surface area contributed by atoms with E-state index in [4.69, 9.17) is 0 Å². The molecule has 2 aromatic rings. The van der Waals surface area contributed by atoms with Gasteiger partial charge in [0.15, 0.2) is 5.65 Å². The number of thiazole rings is 1. The van der Waals surface area contributed by atoms with Crippen LogP contribution in [0.3, 0.4) is 0 Å². The Bertz CT molecular complexity index is 464. The van der Waals surface area contributed by atoms with Gasteiger partial charge in [-0.15, -0.1) is 11.3 Å². The minimum absolute atomic E-state index is 0.0202. The van der Waals surface area contributed by atoms with Crippen molar-refractivity contribution in [2.24, 2.45) is 7.05 Å². The average Bonchev–Trinajstić information content (AvgIpc) is 2.59. The van der Waals surface area contributed by atoms with Gasteiger partial charge in [-0.3, -0.25) is 9.13 Å². The molecule has 0 aromatic carbocycles. The molecule has 0 N–H and O–H groups in total. The Morgan fingerprint density at radius 2 is 2.42 bits per heavy atom. The number of nitrogens with zero attached hydrogens (tertiary/aromatic N) is 3. The van der Waals surface area contributed by atoms with Crippen LogP contribution >= 0.6 is 11.3 Å². The molecule has 2 aromatic heterocycles. The average molecular weight is 183 g/mol. The fraction of sp³-hybridized carbons (Fsp3) is 0.429. The van der Waals surface area contributed by atoms with Gasteiger partial charge in [-0.2, -0.15) is 0 Å². The molecule has 0 atom stereocenters. The highest BCUT2D eigenvalue weighted by Gasteiger charge is 2.10. The van der Waals surface area contributed by atoms with Gasteiger partial charge in [0.1, 0.15) is 4.83 Å². The smallest absolute Gasteiger partial charge is 0.282 e. The molecule has 0 spiro atoms. The Labute approximate surface area is 73.1 Å². The van der Waals surface area contributed by atoms with Gasteiger partial charge in [-0.25, -0.2) is 9.78 Å². The third-order valence-electron chi connectivity index (χ3n) is 1.93. The third-order valence-corrected chi connectivity index (χ3v) is 2.76. The molecule has 0 aliphatic rings. The SMILES string of the molecule is CCn1c(=O)n(C)c2ncsc21. The molecule has 0 fully saturated rings. The summed E-state index contributed by atoms with van der Waals surface area (Å²) in [4.78, 5) is 16.5. The molecule has 0 saturated carbocycles. The van der Waals surface area contributed by atoms with Crippen LogP contribution in [-0.4, -0.2) is 14.1 Å². The predicted octanol–water partition coefficient (Wildman–Crippen LogP) is 0.816. The molecule has 0 saturated heterocycles. The number of imidazole rings is 1. The van der Waals surface area contributed by atoms with E-state index >= 15 is 0 Å². The first-order valence-corrected chi connectivity index (χ1v) is 4.62. The van der Waals surface area contributed by atoms with E-state index in [1.807, 2.05) is 6.92 Å². The highest BCUT2D eigenvalue weighted by Crippen LogP contribution is 2.14. The Balaban J connectivity index is 2.97. The summed E-state index contributed by atoms with van der Waals surface area (Å²) in [5, 5.41) is 0. The monoisotopic (exact) mass is 183 g/mol. The maximum absolute atomic E-state index is 11.5. The lowest BCUT2D eigenvalue weighted by atomic mass is 10.7. The van der Waals surface area contributed by atoms with Crippen molar-refractivity contribution in [1.29, 1.82) is 0 Å². The van der Waals surface area contributed by atoms with Crippen LogP contribution < -0.4 is 5.69 Å². The van der Waals surface area contributed by atoms with Crippen molar-refractivity contribution in [3.63, 3.8) is 0 Å². The van der Waals surface area contributed by atoms with Crippen LogP contribution in [0.25, 0.3) is 10.5 Å². The summed E-state index contributed by atoms with van der Waals surface area (Å²) >= 11 is 1.50. The van der Waals surface area contributed by atoms with Crippen molar-refractivity contribution in [2.75, 3.05) is 0 Å². The van der Waals surface area contributed by atoms with Crippen LogP contribution in [0.4, 0.5) is 0 Å². The van der Waals surface area contributed by atoms with E-state index in [0.29, 0.717) is 6.54 Å². The first-order valence-electron chi connectivity index (χ1n) is 3.74. The number of hydrogen-bond acceptors (Lipinski definition) is 3. The van der Waals surface area contributed by atoms with Crippen molar-refractivity contribution in [3.8, 4) is 0 Å². The molecule has 0 amide bonds. The minimum atomic E-state index is 0.0202. The molecule has 0 aliphatic heterocycles. The molecule has 2 rings (SSSR count). The summed E-state index contributed by atoms with van der Waals surface area (Å²) in [7, 11) is 1.75. The Kier molecular flexibility index (Phi) is 1.54. The van der Waals surface area contributed by atoms with Crippen molar-refractivity contribution in [2.45, 2.75) is 13.5 Å². The third kappa shape index (κ3) is 0.768. The zero-order valence-corrected chi connectivity index (χ0v) is 7.76. The standard InChI is InChI=1S/C7H9N3OS/c1-3-10-6-5(8-4-12-6)9(2)7(10)11/h4H,3H2,1-2H3. The Morgan fingerprint density at radius 1 is 1.67 bits per heavy atom. The van der Waals surface area contributed by atoms with Crippen LogP contribution in [0.5, 0.6) is 0 Å². The highest BCUT2D eigenvalue weighted by atomic mass is 32.1. The molecule has 4 nitrogen and oxygen atoms in total. The van der Waals surface area contributed by atoms with Gasteiger partial charge in [0, 0.05) is 13.6 Å². The van der Waals surface area contributed by atoms with Gasteiger partial charge >= 0.3 is 5.69 Å². The zero-order valence-electron chi connectivity index (χ0n) is 6.94. The summed E-state index contributed by atoms with van der Waals surface area (Å²) < 4.78 is 3.31.